The van der Waals surface area contributed by atoms with E-state index in [1.54, 1.807) is 49.6 Å². The van der Waals surface area contributed by atoms with Gasteiger partial charge in [-0.2, -0.15) is 4.72 Å². The molecule has 2 aromatic rings. The van der Waals surface area contributed by atoms with Crippen LogP contribution >= 0.6 is 0 Å². The van der Waals surface area contributed by atoms with Crippen LogP contribution in [0.15, 0.2) is 53.4 Å². The van der Waals surface area contributed by atoms with Crippen LogP contribution in [0.1, 0.15) is 0 Å². The highest BCUT2D eigenvalue weighted by Gasteiger charge is 2.18. The second-order valence-corrected chi connectivity index (χ2v) is 6.55. The molecule has 124 valence electrons. The lowest BCUT2D eigenvalue weighted by Gasteiger charge is -2.12. The molecule has 0 saturated heterocycles. The molecule has 23 heavy (non-hydrogen) atoms. The number of hydrogen-bond acceptors (Lipinski definition) is 5. The van der Waals surface area contributed by atoms with Crippen LogP contribution in [0.4, 0.5) is 5.69 Å². The van der Waals surface area contributed by atoms with Crippen molar-refractivity contribution >= 4 is 15.7 Å². The molecular formula is C16H20N2O4S. The van der Waals surface area contributed by atoms with Gasteiger partial charge in [-0.25, -0.2) is 8.42 Å². The average molecular weight is 336 g/mol. The number of ether oxygens (including phenoxy) is 2. The number of anilines is 1. The van der Waals surface area contributed by atoms with Gasteiger partial charge in [-0.05, 0) is 23.8 Å². The lowest BCUT2D eigenvalue weighted by Crippen LogP contribution is -2.27. The SMILES string of the molecule is COCCOCNS(=O)(=O)c1ccccc1-c1cccc(N)c1. The van der Waals surface area contributed by atoms with Crippen LogP contribution in [0.3, 0.4) is 0 Å². The fraction of sp³-hybridized carbons (Fsp3) is 0.250. The first-order chi connectivity index (χ1) is 11.0. The van der Waals surface area contributed by atoms with Gasteiger partial charge in [0, 0.05) is 18.4 Å². The van der Waals surface area contributed by atoms with Crippen molar-refractivity contribution in [3.8, 4) is 11.1 Å². The van der Waals surface area contributed by atoms with Crippen LogP contribution in [0, 0.1) is 0 Å². The van der Waals surface area contributed by atoms with Crippen molar-refractivity contribution in [1.82, 2.24) is 4.72 Å². The molecule has 0 fully saturated rings. The summed E-state index contributed by atoms with van der Waals surface area (Å²) in [4.78, 5) is 0.181. The summed E-state index contributed by atoms with van der Waals surface area (Å²) in [6.07, 6.45) is 0. The highest BCUT2D eigenvalue weighted by atomic mass is 32.2. The molecule has 0 spiro atoms. The summed E-state index contributed by atoms with van der Waals surface area (Å²) in [5.41, 5.74) is 7.69. The molecule has 0 aromatic heterocycles. The second-order valence-electron chi connectivity index (χ2n) is 4.81. The summed E-state index contributed by atoms with van der Waals surface area (Å²) in [7, 11) is -2.14. The zero-order valence-electron chi connectivity index (χ0n) is 12.9. The zero-order chi connectivity index (χ0) is 16.7. The number of nitrogens with one attached hydrogen (secondary N) is 1. The minimum atomic E-state index is -3.70. The van der Waals surface area contributed by atoms with E-state index in [-0.39, 0.29) is 11.6 Å². The number of hydrogen-bond donors (Lipinski definition) is 2. The first-order valence-electron chi connectivity index (χ1n) is 7.06. The molecule has 0 amide bonds. The molecule has 6 nitrogen and oxygen atoms in total. The van der Waals surface area contributed by atoms with E-state index in [4.69, 9.17) is 15.2 Å². The maximum absolute atomic E-state index is 12.5. The minimum Gasteiger partial charge on any atom is -0.399 e. The van der Waals surface area contributed by atoms with Crippen molar-refractivity contribution in [3.63, 3.8) is 0 Å². The van der Waals surface area contributed by atoms with E-state index >= 15 is 0 Å². The van der Waals surface area contributed by atoms with Gasteiger partial charge < -0.3 is 15.2 Å². The summed E-state index contributed by atoms with van der Waals surface area (Å²) < 4.78 is 37.4. The van der Waals surface area contributed by atoms with Gasteiger partial charge in [-0.15, -0.1) is 0 Å². The van der Waals surface area contributed by atoms with E-state index in [2.05, 4.69) is 4.72 Å². The Morgan fingerprint density at radius 1 is 1.09 bits per heavy atom. The first kappa shape index (κ1) is 17.4. The van der Waals surface area contributed by atoms with Gasteiger partial charge in [0.25, 0.3) is 0 Å². The summed E-state index contributed by atoms with van der Waals surface area (Å²) in [5, 5.41) is 0. The standard InChI is InChI=1S/C16H20N2O4S/c1-21-9-10-22-12-18-23(19,20)16-8-3-2-7-15(16)13-5-4-6-14(17)11-13/h2-8,11,18H,9-10,12,17H2,1H3. The zero-order valence-corrected chi connectivity index (χ0v) is 13.7. The van der Waals surface area contributed by atoms with Gasteiger partial charge in [0.2, 0.25) is 10.0 Å². The largest absolute Gasteiger partial charge is 0.399 e. The molecule has 0 heterocycles. The van der Waals surface area contributed by atoms with Crippen LogP contribution in [-0.4, -0.2) is 35.5 Å². The van der Waals surface area contributed by atoms with E-state index in [0.29, 0.717) is 24.5 Å². The number of rotatable bonds is 8. The van der Waals surface area contributed by atoms with Gasteiger partial charge in [0.15, 0.2) is 0 Å². The van der Waals surface area contributed by atoms with E-state index in [0.717, 1.165) is 5.56 Å². The molecule has 0 saturated carbocycles. The molecule has 0 atom stereocenters. The van der Waals surface area contributed by atoms with E-state index in [1.165, 1.54) is 0 Å². The van der Waals surface area contributed by atoms with Crippen molar-refractivity contribution in [3.05, 3.63) is 48.5 Å². The first-order valence-corrected chi connectivity index (χ1v) is 8.54. The van der Waals surface area contributed by atoms with Crippen LogP contribution in [0.2, 0.25) is 0 Å². The van der Waals surface area contributed by atoms with Crippen LogP contribution in [0.5, 0.6) is 0 Å². The topological polar surface area (TPSA) is 90.6 Å². The Bertz CT molecular complexity index is 747. The van der Waals surface area contributed by atoms with Crippen molar-refractivity contribution in [2.24, 2.45) is 0 Å². The Morgan fingerprint density at radius 2 is 1.87 bits per heavy atom. The summed E-state index contributed by atoms with van der Waals surface area (Å²) in [5.74, 6) is 0. The smallest absolute Gasteiger partial charge is 0.243 e. The monoisotopic (exact) mass is 336 g/mol. The van der Waals surface area contributed by atoms with Gasteiger partial charge in [-0.3, -0.25) is 0 Å². The van der Waals surface area contributed by atoms with Crippen LogP contribution in [-0.2, 0) is 19.5 Å². The fourth-order valence-corrected chi connectivity index (χ4v) is 3.18. The summed E-state index contributed by atoms with van der Waals surface area (Å²) >= 11 is 0. The molecular weight excluding hydrogens is 316 g/mol. The quantitative estimate of drug-likeness (QED) is 0.436. The number of nitrogen functional groups attached to an aromatic ring is 1. The molecule has 0 aliphatic rings. The third-order valence-corrected chi connectivity index (χ3v) is 4.59. The van der Waals surface area contributed by atoms with Gasteiger partial charge >= 0.3 is 0 Å². The third-order valence-electron chi connectivity index (χ3n) is 3.16. The molecule has 3 N–H and O–H groups in total. The highest BCUT2D eigenvalue weighted by Crippen LogP contribution is 2.28. The molecule has 2 rings (SSSR count). The van der Waals surface area contributed by atoms with E-state index in [1.807, 2.05) is 6.07 Å². The predicted molar refractivity (Wildman–Crippen MR) is 89.3 cm³/mol. The number of sulfonamides is 1. The molecule has 0 bridgehead atoms. The lowest BCUT2D eigenvalue weighted by atomic mass is 10.1. The Kier molecular flexibility index (Phi) is 6.12. The van der Waals surface area contributed by atoms with Crippen LogP contribution in [0.25, 0.3) is 11.1 Å². The predicted octanol–water partition coefficient (Wildman–Crippen LogP) is 1.83. The molecule has 7 heteroatoms. The fourth-order valence-electron chi connectivity index (χ4n) is 2.06. The summed E-state index contributed by atoms with van der Waals surface area (Å²) in [6.45, 7) is 0.606. The van der Waals surface area contributed by atoms with Crippen LogP contribution < -0.4 is 10.5 Å². The molecule has 0 aliphatic carbocycles. The Labute approximate surface area is 136 Å². The second kappa shape index (κ2) is 8.07. The molecule has 0 aliphatic heterocycles. The number of nitrogens with two attached hydrogens (primary N) is 1. The van der Waals surface area contributed by atoms with Crippen molar-refractivity contribution in [2.45, 2.75) is 4.90 Å². The van der Waals surface area contributed by atoms with Crippen molar-refractivity contribution in [2.75, 3.05) is 32.8 Å². The average Bonchev–Trinajstić information content (AvgIpc) is 2.54. The minimum absolute atomic E-state index is 0.114. The van der Waals surface area contributed by atoms with Gasteiger partial charge in [0.1, 0.15) is 6.73 Å². The maximum Gasteiger partial charge on any atom is 0.243 e. The Balaban J connectivity index is 2.22. The lowest BCUT2D eigenvalue weighted by molar-refractivity contribution is 0.0688. The van der Waals surface area contributed by atoms with E-state index < -0.39 is 10.0 Å². The molecule has 0 unspecified atom stereocenters. The number of methoxy groups -OCH3 is 1. The van der Waals surface area contributed by atoms with Crippen molar-refractivity contribution in [1.29, 1.82) is 0 Å². The molecule has 2 aromatic carbocycles. The normalized spacial score (nSPS) is 11.5. The highest BCUT2D eigenvalue weighted by molar-refractivity contribution is 7.89. The third kappa shape index (κ3) is 4.77. The van der Waals surface area contributed by atoms with E-state index in [9.17, 15) is 8.42 Å². The van der Waals surface area contributed by atoms with Gasteiger partial charge in [0.05, 0.1) is 18.1 Å². The Morgan fingerprint density at radius 3 is 2.61 bits per heavy atom. The maximum atomic E-state index is 12.5. The Hall–Kier alpha value is -1.93. The van der Waals surface area contributed by atoms with Gasteiger partial charge in [-0.1, -0.05) is 30.3 Å². The van der Waals surface area contributed by atoms with Crippen molar-refractivity contribution < 1.29 is 17.9 Å². The molecule has 0 radical (unpaired) electrons. The number of benzene rings is 2. The summed E-state index contributed by atoms with van der Waals surface area (Å²) in [6, 6.07) is 13.9.